The van der Waals surface area contributed by atoms with E-state index in [-0.39, 0.29) is 34.6 Å². The van der Waals surface area contributed by atoms with Crippen LogP contribution in [0.1, 0.15) is 61.0 Å². The summed E-state index contributed by atoms with van der Waals surface area (Å²) in [4.78, 5) is 14.9. The van der Waals surface area contributed by atoms with E-state index in [1.165, 1.54) is 12.1 Å². The number of Topliss-reactive ketones (excluding diaryl/α,β-unsaturated/α-hetero) is 1. The van der Waals surface area contributed by atoms with Crippen LogP contribution >= 0.6 is 0 Å². The predicted octanol–water partition coefficient (Wildman–Crippen LogP) is 5.82. The average Bonchev–Trinajstić information content (AvgIpc) is 3.06. The van der Waals surface area contributed by atoms with E-state index in [2.05, 4.69) is 18.7 Å². The zero-order valence-corrected chi connectivity index (χ0v) is 17.6. The zero-order valence-electron chi connectivity index (χ0n) is 17.6. The van der Waals surface area contributed by atoms with Gasteiger partial charge in [0, 0.05) is 16.5 Å². The lowest BCUT2D eigenvalue weighted by Gasteiger charge is -2.50. The molecule has 6 heteroatoms. The van der Waals surface area contributed by atoms with Gasteiger partial charge in [-0.2, -0.15) is 13.2 Å². The summed E-state index contributed by atoms with van der Waals surface area (Å²) < 4.78 is 38.4. The van der Waals surface area contributed by atoms with Crippen LogP contribution in [0.2, 0.25) is 0 Å². The van der Waals surface area contributed by atoms with Crippen molar-refractivity contribution in [2.24, 2.45) is 0 Å². The number of rotatable bonds is 6. The molecule has 0 bridgehead atoms. The molecular formula is C24H28F3NO2. The molecule has 1 aliphatic carbocycles. The van der Waals surface area contributed by atoms with Crippen molar-refractivity contribution in [2.75, 3.05) is 13.6 Å². The quantitative estimate of drug-likeness (QED) is 0.600. The maximum atomic E-state index is 12.9. The Bertz CT molecular complexity index is 892. The van der Waals surface area contributed by atoms with Gasteiger partial charge in [-0.3, -0.25) is 9.69 Å². The lowest BCUT2D eigenvalue weighted by Crippen LogP contribution is -2.57. The molecule has 0 radical (unpaired) electrons. The summed E-state index contributed by atoms with van der Waals surface area (Å²) in [6, 6.07) is 11.7. The Morgan fingerprint density at radius 3 is 2.20 bits per heavy atom. The average molecular weight is 419 g/mol. The standard InChI is InChI=1S/C24H28F3NO2/c1-4-23(15-5-14-22(23,2)18-10-12-20(29)13-11-18)28(3)16-21(30)17-6-8-19(9-7-17)24(25,26)27/h6-13,29H,4-5,14-16H2,1-3H3. The molecule has 1 fully saturated rings. The van der Waals surface area contributed by atoms with Crippen LogP contribution in [-0.2, 0) is 11.6 Å². The minimum atomic E-state index is -4.42. The molecule has 30 heavy (non-hydrogen) atoms. The molecule has 0 aromatic heterocycles. The summed E-state index contributed by atoms with van der Waals surface area (Å²) >= 11 is 0. The smallest absolute Gasteiger partial charge is 0.416 e. The molecule has 0 saturated heterocycles. The van der Waals surface area contributed by atoms with Gasteiger partial charge >= 0.3 is 6.18 Å². The van der Waals surface area contributed by atoms with Gasteiger partial charge in [0.25, 0.3) is 0 Å². The molecule has 0 aliphatic heterocycles. The summed E-state index contributed by atoms with van der Waals surface area (Å²) in [7, 11) is 1.93. The van der Waals surface area contributed by atoms with E-state index in [1.807, 2.05) is 19.2 Å². The fourth-order valence-electron chi connectivity index (χ4n) is 5.24. The fourth-order valence-corrected chi connectivity index (χ4v) is 5.24. The third-order valence-corrected chi connectivity index (χ3v) is 7.03. The maximum absolute atomic E-state index is 12.9. The van der Waals surface area contributed by atoms with Gasteiger partial charge in [-0.15, -0.1) is 0 Å². The first-order valence-corrected chi connectivity index (χ1v) is 10.2. The number of carbonyl (C=O) groups is 1. The molecule has 2 unspecified atom stereocenters. The Kier molecular flexibility index (Phi) is 6.01. The van der Waals surface area contributed by atoms with Gasteiger partial charge in [0.15, 0.2) is 5.78 Å². The second-order valence-corrected chi connectivity index (χ2v) is 8.47. The molecule has 2 atom stereocenters. The molecule has 0 amide bonds. The first-order valence-electron chi connectivity index (χ1n) is 10.2. The van der Waals surface area contributed by atoms with Crippen molar-refractivity contribution in [1.29, 1.82) is 0 Å². The molecule has 1 N–H and O–H groups in total. The van der Waals surface area contributed by atoms with Gasteiger partial charge in [-0.1, -0.05) is 44.5 Å². The first-order chi connectivity index (χ1) is 14.0. The highest BCUT2D eigenvalue weighted by Crippen LogP contribution is 2.53. The lowest BCUT2D eigenvalue weighted by molar-refractivity contribution is -0.137. The van der Waals surface area contributed by atoms with Gasteiger partial charge < -0.3 is 5.11 Å². The number of likely N-dealkylation sites (N-methyl/N-ethyl adjacent to an activating group) is 1. The molecule has 162 valence electrons. The van der Waals surface area contributed by atoms with Crippen molar-refractivity contribution < 1.29 is 23.1 Å². The number of benzene rings is 2. The maximum Gasteiger partial charge on any atom is 0.416 e. The van der Waals surface area contributed by atoms with Crippen molar-refractivity contribution in [2.45, 2.75) is 56.7 Å². The van der Waals surface area contributed by atoms with Crippen molar-refractivity contribution in [3.05, 3.63) is 65.2 Å². The van der Waals surface area contributed by atoms with Crippen molar-refractivity contribution in [1.82, 2.24) is 4.90 Å². The summed E-state index contributed by atoms with van der Waals surface area (Å²) in [6.45, 7) is 4.45. The number of phenolic OH excluding ortho intramolecular Hbond substituents is 1. The number of aromatic hydroxyl groups is 1. The summed E-state index contributed by atoms with van der Waals surface area (Å²) in [5.41, 5.74) is 0.183. The van der Waals surface area contributed by atoms with E-state index in [4.69, 9.17) is 0 Å². The minimum absolute atomic E-state index is 0.132. The minimum Gasteiger partial charge on any atom is -0.508 e. The molecule has 0 spiro atoms. The van der Waals surface area contributed by atoms with Crippen LogP contribution in [0.3, 0.4) is 0 Å². The monoisotopic (exact) mass is 419 g/mol. The number of hydrogen-bond acceptors (Lipinski definition) is 3. The SMILES string of the molecule is CCC1(N(C)CC(=O)c2ccc(C(F)(F)F)cc2)CCCC1(C)c1ccc(O)cc1. The lowest BCUT2D eigenvalue weighted by atomic mass is 9.66. The number of phenols is 1. The topological polar surface area (TPSA) is 40.5 Å². The van der Waals surface area contributed by atoms with Crippen LogP contribution in [0.5, 0.6) is 5.75 Å². The zero-order chi connectivity index (χ0) is 22.2. The largest absolute Gasteiger partial charge is 0.508 e. The molecule has 3 rings (SSSR count). The summed E-state index contributed by atoms with van der Waals surface area (Å²) in [6.07, 6.45) is -0.673. The van der Waals surface area contributed by atoms with Gasteiger partial charge in [-0.05, 0) is 56.1 Å². The highest BCUT2D eigenvalue weighted by Gasteiger charge is 2.54. The van der Waals surface area contributed by atoms with Crippen molar-refractivity contribution >= 4 is 5.78 Å². The molecular weight excluding hydrogens is 391 g/mol. The number of nitrogens with zero attached hydrogens (tertiary/aromatic N) is 1. The Labute approximate surface area is 175 Å². The van der Waals surface area contributed by atoms with Crippen molar-refractivity contribution in [3.63, 3.8) is 0 Å². The van der Waals surface area contributed by atoms with E-state index in [1.54, 1.807) is 12.1 Å². The van der Waals surface area contributed by atoms with Gasteiger partial charge in [0.1, 0.15) is 5.75 Å². The van der Waals surface area contributed by atoms with Crippen LogP contribution in [0.15, 0.2) is 48.5 Å². The number of hydrogen-bond donors (Lipinski definition) is 1. The number of carbonyl (C=O) groups excluding carboxylic acids is 1. The highest BCUT2D eigenvalue weighted by molar-refractivity contribution is 5.97. The van der Waals surface area contributed by atoms with E-state index in [0.717, 1.165) is 43.4 Å². The molecule has 0 heterocycles. The second-order valence-electron chi connectivity index (χ2n) is 8.47. The Morgan fingerprint density at radius 2 is 1.67 bits per heavy atom. The number of ketones is 1. The third kappa shape index (κ3) is 3.85. The van der Waals surface area contributed by atoms with Crippen LogP contribution in [0, 0.1) is 0 Å². The summed E-state index contributed by atoms with van der Waals surface area (Å²) in [5.74, 6) is 0.0206. The van der Waals surface area contributed by atoms with Gasteiger partial charge in [-0.25, -0.2) is 0 Å². The number of alkyl halides is 3. The predicted molar refractivity (Wildman–Crippen MR) is 111 cm³/mol. The third-order valence-electron chi connectivity index (χ3n) is 7.03. The molecule has 1 saturated carbocycles. The van der Waals surface area contributed by atoms with Gasteiger partial charge in [0.2, 0.25) is 0 Å². The van der Waals surface area contributed by atoms with E-state index >= 15 is 0 Å². The molecule has 2 aromatic rings. The Balaban J connectivity index is 1.85. The van der Waals surface area contributed by atoms with E-state index in [9.17, 15) is 23.1 Å². The second kappa shape index (κ2) is 8.06. The fraction of sp³-hybridized carbons (Fsp3) is 0.458. The Hall–Kier alpha value is -2.34. The summed E-state index contributed by atoms with van der Waals surface area (Å²) in [5, 5.41) is 9.67. The van der Waals surface area contributed by atoms with Crippen LogP contribution in [0.25, 0.3) is 0 Å². The normalized spacial score (nSPS) is 24.4. The van der Waals surface area contributed by atoms with E-state index < -0.39 is 11.7 Å². The molecule has 3 nitrogen and oxygen atoms in total. The highest BCUT2D eigenvalue weighted by atomic mass is 19.4. The van der Waals surface area contributed by atoms with Crippen LogP contribution < -0.4 is 0 Å². The van der Waals surface area contributed by atoms with Crippen LogP contribution in [-0.4, -0.2) is 34.9 Å². The number of halogens is 3. The Morgan fingerprint density at radius 1 is 1.07 bits per heavy atom. The van der Waals surface area contributed by atoms with Crippen molar-refractivity contribution in [3.8, 4) is 5.75 Å². The first kappa shape index (κ1) is 22.3. The van der Waals surface area contributed by atoms with Gasteiger partial charge in [0.05, 0.1) is 12.1 Å². The van der Waals surface area contributed by atoms with E-state index in [0.29, 0.717) is 0 Å². The van der Waals surface area contributed by atoms with Crippen LogP contribution in [0.4, 0.5) is 13.2 Å². The molecule has 2 aromatic carbocycles. The molecule has 1 aliphatic rings.